The van der Waals surface area contributed by atoms with E-state index in [0.29, 0.717) is 0 Å². The molecule has 0 heterocycles. The second-order valence-electron chi connectivity index (χ2n) is 10.5. The maximum Gasteiger partial charge on any atom is -0.00199 e. The summed E-state index contributed by atoms with van der Waals surface area (Å²) in [6, 6.07) is 57.5. The highest BCUT2D eigenvalue weighted by atomic mass is 14.2. The number of hydrogen-bond acceptors (Lipinski definition) is 0. The monoisotopic (exact) mass is 536 g/mol. The molecule has 0 aliphatic rings. The lowest BCUT2D eigenvalue weighted by atomic mass is 9.83. The van der Waals surface area contributed by atoms with E-state index in [0.717, 1.165) is 0 Å². The smallest absolute Gasteiger partial charge is 0.00199 e. The van der Waals surface area contributed by atoms with Crippen molar-refractivity contribution in [2.24, 2.45) is 0 Å². The van der Waals surface area contributed by atoms with Gasteiger partial charge in [0.2, 0.25) is 0 Å². The Labute approximate surface area is 247 Å². The first-order valence-corrected chi connectivity index (χ1v) is 14.9. The van der Waals surface area contributed by atoms with Crippen molar-refractivity contribution in [2.45, 2.75) is 13.8 Å². The second kappa shape index (κ2) is 11.0. The van der Waals surface area contributed by atoms with Crippen molar-refractivity contribution < 1.29 is 0 Å². The third-order valence-electron chi connectivity index (χ3n) is 8.25. The first kappa shape index (κ1) is 25.7. The minimum absolute atomic E-state index is 1.23. The molecule has 0 saturated carbocycles. The Morgan fingerprint density at radius 1 is 0.286 bits per heavy atom. The Kier molecular flexibility index (Phi) is 6.74. The van der Waals surface area contributed by atoms with Crippen molar-refractivity contribution in [3.63, 3.8) is 0 Å². The molecule has 0 radical (unpaired) electrons. The van der Waals surface area contributed by atoms with E-state index in [-0.39, 0.29) is 0 Å². The lowest BCUT2D eigenvalue weighted by Gasteiger charge is -2.20. The number of rotatable bonds is 3. The minimum Gasteiger partial charge on any atom is -0.0683 e. The van der Waals surface area contributed by atoms with Crippen molar-refractivity contribution in [3.05, 3.63) is 158 Å². The predicted octanol–water partition coefficient (Wildman–Crippen LogP) is 12.3. The van der Waals surface area contributed by atoms with E-state index in [2.05, 4.69) is 158 Å². The molecule has 0 atom stereocenters. The third-order valence-corrected chi connectivity index (χ3v) is 8.25. The van der Waals surface area contributed by atoms with Crippen LogP contribution in [-0.2, 0) is 0 Å². The molecule has 200 valence electrons. The lowest BCUT2D eigenvalue weighted by molar-refractivity contribution is 1.50. The van der Waals surface area contributed by atoms with Crippen molar-refractivity contribution in [3.8, 4) is 33.4 Å². The zero-order valence-corrected chi connectivity index (χ0v) is 24.0. The van der Waals surface area contributed by atoms with Crippen LogP contribution in [0.2, 0.25) is 0 Å². The highest BCUT2D eigenvalue weighted by molar-refractivity contribution is 6.25. The molecular formula is C42H32. The normalized spacial score (nSPS) is 11.1. The summed E-state index contributed by atoms with van der Waals surface area (Å²) in [5.41, 5.74) is 7.60. The zero-order valence-electron chi connectivity index (χ0n) is 24.0. The molecule has 0 amide bonds. The topological polar surface area (TPSA) is 0 Å². The molecule has 0 aromatic heterocycles. The highest BCUT2D eigenvalue weighted by Crippen LogP contribution is 2.47. The van der Waals surface area contributed by atoms with Gasteiger partial charge in [-0.2, -0.15) is 0 Å². The largest absolute Gasteiger partial charge is 0.0683 e. The van der Waals surface area contributed by atoms with Gasteiger partial charge in [0.15, 0.2) is 0 Å². The molecule has 0 N–H and O–H groups in total. The van der Waals surface area contributed by atoms with Crippen molar-refractivity contribution in [1.29, 1.82) is 0 Å². The summed E-state index contributed by atoms with van der Waals surface area (Å²) in [5.74, 6) is 0. The van der Waals surface area contributed by atoms with Crippen molar-refractivity contribution in [2.75, 3.05) is 0 Å². The van der Waals surface area contributed by atoms with E-state index < -0.39 is 0 Å². The van der Waals surface area contributed by atoms with Gasteiger partial charge in [0.25, 0.3) is 0 Å². The summed E-state index contributed by atoms with van der Waals surface area (Å²) >= 11 is 0. The first-order valence-electron chi connectivity index (χ1n) is 14.9. The minimum atomic E-state index is 1.23. The molecule has 0 fully saturated rings. The van der Waals surface area contributed by atoms with Crippen LogP contribution in [-0.4, -0.2) is 0 Å². The summed E-state index contributed by atoms with van der Waals surface area (Å²) in [7, 11) is 0. The van der Waals surface area contributed by atoms with Gasteiger partial charge in [0.05, 0.1) is 0 Å². The standard InChI is InChI=1S/C40H26.C2H6/c1-2-12-27(13-3-1)30-24-25-37-38(26-30)40(34-23-11-17-29-15-5-7-19-32(29)34)36-21-9-8-20-35(36)39(37)33-22-10-16-28-14-4-6-18-31(28)33;1-2/h1-26H;1-2H3. The van der Waals surface area contributed by atoms with Gasteiger partial charge >= 0.3 is 0 Å². The maximum absolute atomic E-state index is 2.41. The van der Waals surface area contributed by atoms with E-state index in [4.69, 9.17) is 0 Å². The van der Waals surface area contributed by atoms with Gasteiger partial charge in [-0.25, -0.2) is 0 Å². The Morgan fingerprint density at radius 2 is 0.714 bits per heavy atom. The molecule has 0 bridgehead atoms. The molecule has 0 spiro atoms. The van der Waals surface area contributed by atoms with Crippen LogP contribution in [0.1, 0.15) is 13.8 Å². The van der Waals surface area contributed by atoms with E-state index in [1.807, 2.05) is 13.8 Å². The van der Waals surface area contributed by atoms with E-state index in [1.54, 1.807) is 0 Å². The molecule has 0 aliphatic carbocycles. The Hall–Kier alpha value is -5.20. The molecule has 0 aliphatic heterocycles. The summed E-state index contributed by atoms with van der Waals surface area (Å²) < 4.78 is 0. The molecule has 0 unspecified atom stereocenters. The molecule has 42 heavy (non-hydrogen) atoms. The Morgan fingerprint density at radius 3 is 1.29 bits per heavy atom. The molecule has 0 nitrogen and oxygen atoms in total. The van der Waals surface area contributed by atoms with Gasteiger partial charge in [0, 0.05) is 0 Å². The summed E-state index contributed by atoms with van der Waals surface area (Å²) in [5, 5.41) is 10.2. The second-order valence-corrected chi connectivity index (χ2v) is 10.5. The van der Waals surface area contributed by atoms with Crippen LogP contribution < -0.4 is 0 Å². The molecule has 0 heteroatoms. The lowest BCUT2D eigenvalue weighted by Crippen LogP contribution is -1.93. The van der Waals surface area contributed by atoms with E-state index in [9.17, 15) is 0 Å². The fourth-order valence-corrected chi connectivity index (χ4v) is 6.46. The molecule has 8 rings (SSSR count). The van der Waals surface area contributed by atoms with E-state index in [1.165, 1.54) is 76.5 Å². The Bertz CT molecular complexity index is 2190. The van der Waals surface area contributed by atoms with Crippen LogP contribution >= 0.6 is 0 Å². The summed E-state index contributed by atoms with van der Waals surface area (Å²) in [6.07, 6.45) is 0. The number of benzene rings is 8. The van der Waals surface area contributed by atoms with E-state index >= 15 is 0 Å². The summed E-state index contributed by atoms with van der Waals surface area (Å²) in [6.45, 7) is 4.00. The molecule has 0 saturated heterocycles. The van der Waals surface area contributed by atoms with Gasteiger partial charge in [-0.3, -0.25) is 0 Å². The fraction of sp³-hybridized carbons (Fsp3) is 0.0476. The molecule has 8 aromatic carbocycles. The van der Waals surface area contributed by atoms with Crippen LogP contribution in [0.25, 0.3) is 76.5 Å². The van der Waals surface area contributed by atoms with Crippen LogP contribution in [0.4, 0.5) is 0 Å². The van der Waals surface area contributed by atoms with Gasteiger partial charge in [-0.1, -0.05) is 166 Å². The highest BCUT2D eigenvalue weighted by Gasteiger charge is 2.19. The van der Waals surface area contributed by atoms with Crippen LogP contribution in [0.15, 0.2) is 158 Å². The van der Waals surface area contributed by atoms with Gasteiger partial charge in [-0.05, 0) is 82.5 Å². The Balaban J connectivity index is 0.00000141. The fourth-order valence-electron chi connectivity index (χ4n) is 6.46. The summed E-state index contributed by atoms with van der Waals surface area (Å²) in [4.78, 5) is 0. The zero-order chi connectivity index (χ0) is 28.5. The van der Waals surface area contributed by atoms with Gasteiger partial charge < -0.3 is 0 Å². The number of hydrogen-bond donors (Lipinski definition) is 0. The molecular weight excluding hydrogens is 504 g/mol. The van der Waals surface area contributed by atoms with Crippen LogP contribution in [0, 0.1) is 0 Å². The molecule has 8 aromatic rings. The predicted molar refractivity (Wildman–Crippen MR) is 184 cm³/mol. The van der Waals surface area contributed by atoms with Gasteiger partial charge in [0.1, 0.15) is 0 Å². The van der Waals surface area contributed by atoms with Crippen LogP contribution in [0.3, 0.4) is 0 Å². The SMILES string of the molecule is CC.c1ccc(-c2ccc3c(-c4cccc5ccccc45)c4ccccc4c(-c4cccc5ccccc45)c3c2)cc1. The van der Waals surface area contributed by atoms with Crippen molar-refractivity contribution in [1.82, 2.24) is 0 Å². The van der Waals surface area contributed by atoms with Crippen molar-refractivity contribution >= 4 is 43.1 Å². The van der Waals surface area contributed by atoms with Gasteiger partial charge in [-0.15, -0.1) is 0 Å². The average Bonchev–Trinajstić information content (AvgIpc) is 3.08. The quantitative estimate of drug-likeness (QED) is 0.197. The average molecular weight is 537 g/mol. The van der Waals surface area contributed by atoms with Crippen LogP contribution in [0.5, 0.6) is 0 Å². The first-order chi connectivity index (χ1) is 20.9. The third kappa shape index (κ3) is 4.24. The maximum atomic E-state index is 2.41. The number of fused-ring (bicyclic) bond motifs is 4.